The summed E-state index contributed by atoms with van der Waals surface area (Å²) in [5.74, 6) is 1.61. The van der Waals surface area contributed by atoms with Gasteiger partial charge >= 0.3 is 0 Å². The molecule has 0 bridgehead atoms. The molecule has 3 N–H and O–H groups in total. The quantitative estimate of drug-likeness (QED) is 0.559. The van der Waals surface area contributed by atoms with E-state index in [2.05, 4.69) is 17.6 Å². The van der Waals surface area contributed by atoms with Crippen molar-refractivity contribution in [2.24, 2.45) is 5.92 Å². The molecule has 1 atom stereocenters. The number of benzene rings is 1. The molecule has 5 heteroatoms. The van der Waals surface area contributed by atoms with Crippen LogP contribution in [0.4, 0.5) is 0 Å². The lowest BCUT2D eigenvalue weighted by atomic mass is 9.98. The van der Waals surface area contributed by atoms with Crippen molar-refractivity contribution in [3.63, 3.8) is 0 Å². The Morgan fingerprint density at radius 2 is 2.00 bits per heavy atom. The van der Waals surface area contributed by atoms with E-state index < -0.39 is 0 Å². The van der Waals surface area contributed by atoms with Gasteiger partial charge in [0.2, 0.25) is 0 Å². The lowest BCUT2D eigenvalue weighted by Gasteiger charge is -2.24. The van der Waals surface area contributed by atoms with Gasteiger partial charge in [-0.2, -0.15) is 0 Å². The Hall–Kier alpha value is -1.94. The predicted molar refractivity (Wildman–Crippen MR) is 95.3 cm³/mol. The Balaban J connectivity index is 1.84. The van der Waals surface area contributed by atoms with Gasteiger partial charge in [0.25, 0.3) is 0 Å². The molecule has 0 heterocycles. The molecule has 0 amide bonds. The maximum atomic E-state index is 8.00. The first-order chi connectivity index (χ1) is 10.9. The molecular formula is C18H24ClN3O. The number of hydrogen-bond acceptors (Lipinski definition) is 2. The highest BCUT2D eigenvalue weighted by Gasteiger charge is 2.17. The second-order valence-corrected chi connectivity index (χ2v) is 6.45. The molecule has 1 aliphatic rings. The first kappa shape index (κ1) is 17.4. The topological polar surface area (TPSA) is 57.1 Å². The Morgan fingerprint density at radius 1 is 1.30 bits per heavy atom. The minimum atomic E-state index is 0.186. The van der Waals surface area contributed by atoms with Crippen LogP contribution in [0.2, 0.25) is 5.02 Å². The highest BCUT2D eigenvalue weighted by molar-refractivity contribution is 6.30. The fourth-order valence-corrected chi connectivity index (χ4v) is 2.49. The van der Waals surface area contributed by atoms with Crippen LogP contribution in [0, 0.1) is 11.3 Å². The van der Waals surface area contributed by atoms with Gasteiger partial charge in [-0.3, -0.25) is 5.41 Å². The summed E-state index contributed by atoms with van der Waals surface area (Å²) in [5, 5.41) is 14.9. The van der Waals surface area contributed by atoms with Crippen LogP contribution in [0.25, 0.3) is 0 Å². The van der Waals surface area contributed by atoms with Gasteiger partial charge in [0.05, 0.1) is 11.9 Å². The Labute approximate surface area is 143 Å². The molecule has 23 heavy (non-hydrogen) atoms. The minimum absolute atomic E-state index is 0.186. The SMILES string of the molecule is CC(C)OC1=CC=C(NC(=N)NCc2ccc(Cl)cc2)CC1C. The molecular weight excluding hydrogens is 310 g/mol. The van der Waals surface area contributed by atoms with Gasteiger partial charge in [-0.15, -0.1) is 0 Å². The highest BCUT2D eigenvalue weighted by Crippen LogP contribution is 2.25. The molecule has 1 unspecified atom stereocenters. The van der Waals surface area contributed by atoms with Crippen LogP contribution < -0.4 is 10.6 Å². The second-order valence-electron chi connectivity index (χ2n) is 6.01. The molecule has 1 aromatic rings. The number of rotatable bonds is 5. The fourth-order valence-electron chi connectivity index (χ4n) is 2.36. The maximum absolute atomic E-state index is 8.00. The normalized spacial score (nSPS) is 17.3. The second kappa shape index (κ2) is 8.06. The standard InChI is InChI=1S/C18H24ClN3O/c1-12(2)23-17-9-8-16(10-13(17)3)22-18(20)21-11-14-4-6-15(19)7-5-14/h4-9,12-13H,10-11H2,1-3H3,(H3,20,21,22). The van der Waals surface area contributed by atoms with E-state index in [4.69, 9.17) is 21.7 Å². The molecule has 1 aromatic carbocycles. The molecule has 0 saturated heterocycles. The van der Waals surface area contributed by atoms with E-state index in [1.807, 2.05) is 50.3 Å². The van der Waals surface area contributed by atoms with E-state index in [1.165, 1.54) is 0 Å². The number of nitrogens with one attached hydrogen (secondary N) is 3. The number of hydrogen-bond donors (Lipinski definition) is 3. The van der Waals surface area contributed by atoms with Crippen LogP contribution >= 0.6 is 11.6 Å². The molecule has 0 fully saturated rings. The molecule has 0 aromatic heterocycles. The van der Waals surface area contributed by atoms with E-state index in [9.17, 15) is 0 Å². The molecule has 124 valence electrons. The summed E-state index contributed by atoms with van der Waals surface area (Å²) in [7, 11) is 0. The molecule has 2 rings (SSSR count). The third kappa shape index (κ3) is 5.64. The molecule has 0 spiro atoms. The zero-order valence-corrected chi connectivity index (χ0v) is 14.6. The van der Waals surface area contributed by atoms with Gasteiger partial charge in [-0.1, -0.05) is 30.7 Å². The van der Waals surface area contributed by atoms with E-state index in [0.29, 0.717) is 18.4 Å². The Morgan fingerprint density at radius 3 is 2.61 bits per heavy atom. The summed E-state index contributed by atoms with van der Waals surface area (Å²) < 4.78 is 5.78. The molecule has 0 saturated carbocycles. The molecule has 1 aliphatic carbocycles. The fraction of sp³-hybridized carbons (Fsp3) is 0.389. The zero-order valence-electron chi connectivity index (χ0n) is 13.8. The van der Waals surface area contributed by atoms with Crippen molar-refractivity contribution >= 4 is 17.6 Å². The van der Waals surface area contributed by atoms with E-state index in [0.717, 1.165) is 28.5 Å². The van der Waals surface area contributed by atoms with Crippen LogP contribution in [0.15, 0.2) is 47.9 Å². The average molecular weight is 334 g/mol. The van der Waals surface area contributed by atoms with E-state index in [-0.39, 0.29) is 6.10 Å². The van der Waals surface area contributed by atoms with Crippen LogP contribution in [0.5, 0.6) is 0 Å². The van der Waals surface area contributed by atoms with Crippen LogP contribution in [0.1, 0.15) is 32.8 Å². The van der Waals surface area contributed by atoms with Crippen LogP contribution in [-0.4, -0.2) is 12.1 Å². The van der Waals surface area contributed by atoms with Gasteiger partial charge in [0, 0.05) is 23.2 Å². The highest BCUT2D eigenvalue weighted by atomic mass is 35.5. The summed E-state index contributed by atoms with van der Waals surface area (Å²) in [4.78, 5) is 0. The third-order valence-electron chi connectivity index (χ3n) is 3.50. The van der Waals surface area contributed by atoms with Gasteiger partial charge in [0.15, 0.2) is 5.96 Å². The number of guanidine groups is 1. The Bertz CT molecular complexity index is 605. The van der Waals surface area contributed by atoms with Crippen molar-refractivity contribution in [3.05, 3.63) is 58.5 Å². The summed E-state index contributed by atoms with van der Waals surface area (Å²) in [6.45, 7) is 6.78. The molecule has 0 radical (unpaired) electrons. The first-order valence-corrected chi connectivity index (χ1v) is 8.23. The summed E-state index contributed by atoms with van der Waals surface area (Å²) >= 11 is 5.86. The lowest BCUT2D eigenvalue weighted by molar-refractivity contribution is 0.121. The van der Waals surface area contributed by atoms with Crippen molar-refractivity contribution in [1.82, 2.24) is 10.6 Å². The van der Waals surface area contributed by atoms with Gasteiger partial charge in [-0.25, -0.2) is 0 Å². The van der Waals surface area contributed by atoms with Crippen molar-refractivity contribution in [2.45, 2.75) is 39.8 Å². The van der Waals surface area contributed by atoms with E-state index >= 15 is 0 Å². The largest absolute Gasteiger partial charge is 0.495 e. The zero-order chi connectivity index (χ0) is 16.8. The van der Waals surface area contributed by atoms with Crippen molar-refractivity contribution in [3.8, 4) is 0 Å². The van der Waals surface area contributed by atoms with Gasteiger partial charge in [-0.05, 0) is 50.1 Å². The maximum Gasteiger partial charge on any atom is 0.192 e. The van der Waals surface area contributed by atoms with Crippen molar-refractivity contribution in [1.29, 1.82) is 5.41 Å². The summed E-state index contributed by atoms with van der Waals surface area (Å²) in [6, 6.07) is 7.59. The van der Waals surface area contributed by atoms with E-state index in [1.54, 1.807) is 0 Å². The monoisotopic (exact) mass is 333 g/mol. The van der Waals surface area contributed by atoms with Crippen molar-refractivity contribution < 1.29 is 4.74 Å². The Kier molecular flexibility index (Phi) is 6.11. The summed E-state index contributed by atoms with van der Waals surface area (Å²) in [5.41, 5.74) is 2.10. The molecule has 0 aliphatic heterocycles. The number of allylic oxidation sites excluding steroid dienone is 4. The third-order valence-corrected chi connectivity index (χ3v) is 3.75. The smallest absolute Gasteiger partial charge is 0.192 e. The lowest BCUT2D eigenvalue weighted by Crippen LogP contribution is -2.36. The van der Waals surface area contributed by atoms with Crippen LogP contribution in [0.3, 0.4) is 0 Å². The predicted octanol–water partition coefficient (Wildman–Crippen LogP) is 4.19. The summed E-state index contributed by atoms with van der Waals surface area (Å²) in [6.07, 6.45) is 4.99. The number of ether oxygens (including phenoxy) is 1. The minimum Gasteiger partial charge on any atom is -0.495 e. The van der Waals surface area contributed by atoms with Crippen LogP contribution in [-0.2, 0) is 11.3 Å². The van der Waals surface area contributed by atoms with Gasteiger partial charge < -0.3 is 15.4 Å². The van der Waals surface area contributed by atoms with Gasteiger partial charge in [0.1, 0.15) is 0 Å². The first-order valence-electron chi connectivity index (χ1n) is 7.85. The molecule has 4 nitrogen and oxygen atoms in total. The van der Waals surface area contributed by atoms with Crippen molar-refractivity contribution in [2.75, 3.05) is 0 Å². The average Bonchev–Trinajstić information content (AvgIpc) is 2.49. The number of halogens is 1.